The van der Waals surface area contributed by atoms with E-state index in [0.717, 1.165) is 144 Å². The fraction of sp³-hybridized carbons (Fsp3) is 0.117. The number of rotatable bonds is 8. The Morgan fingerprint density at radius 3 is 0.952 bits per heavy atom. The van der Waals surface area contributed by atoms with E-state index in [9.17, 15) is 10.5 Å². The lowest BCUT2D eigenvalue weighted by atomic mass is 9.92. The largest absolute Gasteiger partial charge is 0.417 e. The van der Waals surface area contributed by atoms with Gasteiger partial charge in [-0.3, -0.25) is 0 Å². The molecule has 0 saturated heterocycles. The molecule has 84 heavy (non-hydrogen) atoms. The standard InChI is InChI=1S/C77H57F3N4/c1-44-23-45(2)28-59(27-44)54-11-18-72-66(37-54)67-38-55(60-29-46(3)24-47(4)30-60)12-19-73(67)83(72)71-22-15-58(63-16-9-52(42-81)35-70(63)77(78,79)80)41-65(71)64-17-10-53(43-82)36-76(64)84-74-20-13-56(61-31-48(5)25-49(6)32-61)39-68(74)69-40-57(14-21-75(69)84)62-33-50(7)26-51(8)34-62/h9-41H,1-8H3. The lowest BCUT2D eigenvalue weighted by Crippen LogP contribution is -2.08. The summed E-state index contributed by atoms with van der Waals surface area (Å²) in [7, 11) is 0. The van der Waals surface area contributed by atoms with Crippen molar-refractivity contribution in [1.82, 2.24) is 9.13 Å². The van der Waals surface area contributed by atoms with Crippen LogP contribution in [0.5, 0.6) is 0 Å². The molecule has 0 aliphatic rings. The molecule has 0 atom stereocenters. The third-order valence-corrected chi connectivity index (χ3v) is 16.4. The minimum Gasteiger partial charge on any atom is -0.309 e. The highest BCUT2D eigenvalue weighted by molar-refractivity contribution is 6.14. The Balaban J connectivity index is 1.14. The van der Waals surface area contributed by atoms with Crippen LogP contribution in [0.4, 0.5) is 13.2 Å². The first kappa shape index (κ1) is 53.1. The van der Waals surface area contributed by atoms with Crippen molar-refractivity contribution in [3.63, 3.8) is 0 Å². The molecule has 0 amide bonds. The number of benzene rings is 11. The number of aryl methyl sites for hydroxylation is 8. The molecule has 0 aliphatic carbocycles. The Bertz CT molecular complexity index is 4710. The molecule has 0 saturated carbocycles. The molecule has 2 heterocycles. The van der Waals surface area contributed by atoms with Crippen LogP contribution in [0.3, 0.4) is 0 Å². The third-order valence-electron chi connectivity index (χ3n) is 16.4. The van der Waals surface area contributed by atoms with Gasteiger partial charge in [0.2, 0.25) is 0 Å². The highest BCUT2D eigenvalue weighted by Gasteiger charge is 2.35. The van der Waals surface area contributed by atoms with Crippen LogP contribution in [-0.2, 0) is 6.18 Å². The van der Waals surface area contributed by atoms with Crippen molar-refractivity contribution in [2.24, 2.45) is 0 Å². The van der Waals surface area contributed by atoms with E-state index >= 15 is 13.2 Å². The number of aromatic nitrogens is 2. The van der Waals surface area contributed by atoms with Gasteiger partial charge in [0.1, 0.15) is 0 Å². The summed E-state index contributed by atoms with van der Waals surface area (Å²) in [6, 6.07) is 71.9. The van der Waals surface area contributed by atoms with Crippen LogP contribution in [0.1, 0.15) is 61.2 Å². The van der Waals surface area contributed by atoms with E-state index in [4.69, 9.17) is 0 Å². The monoisotopic (exact) mass is 1090 g/mol. The second kappa shape index (κ2) is 20.3. The summed E-state index contributed by atoms with van der Waals surface area (Å²) in [4.78, 5) is 0. The first-order valence-electron chi connectivity index (χ1n) is 28.2. The van der Waals surface area contributed by atoms with Crippen LogP contribution in [0.15, 0.2) is 200 Å². The van der Waals surface area contributed by atoms with Crippen molar-refractivity contribution in [3.05, 3.63) is 261 Å². The van der Waals surface area contributed by atoms with Gasteiger partial charge < -0.3 is 9.13 Å². The van der Waals surface area contributed by atoms with Crippen LogP contribution in [0.25, 0.3) is 122 Å². The molecule has 0 bridgehead atoms. The van der Waals surface area contributed by atoms with Crippen molar-refractivity contribution in [2.45, 2.75) is 61.6 Å². The lowest BCUT2D eigenvalue weighted by Gasteiger charge is -2.21. The van der Waals surface area contributed by atoms with Crippen molar-refractivity contribution in [1.29, 1.82) is 10.5 Å². The normalized spacial score (nSPS) is 11.7. The zero-order valence-electron chi connectivity index (χ0n) is 48.0. The van der Waals surface area contributed by atoms with Gasteiger partial charge in [0.15, 0.2) is 0 Å². The molecule has 11 aromatic carbocycles. The maximum Gasteiger partial charge on any atom is 0.417 e. The molecule has 4 nitrogen and oxygen atoms in total. The summed E-state index contributed by atoms with van der Waals surface area (Å²) in [5.41, 5.74) is 23.9. The van der Waals surface area contributed by atoms with Crippen molar-refractivity contribution in [3.8, 4) is 90.3 Å². The van der Waals surface area contributed by atoms with Gasteiger partial charge >= 0.3 is 6.18 Å². The van der Waals surface area contributed by atoms with Gasteiger partial charge in [0, 0.05) is 32.7 Å². The van der Waals surface area contributed by atoms with Crippen LogP contribution in [0, 0.1) is 78.1 Å². The maximum absolute atomic E-state index is 15.4. The zero-order valence-corrected chi connectivity index (χ0v) is 48.0. The number of hydrogen-bond acceptors (Lipinski definition) is 2. The van der Waals surface area contributed by atoms with E-state index in [1.807, 2.05) is 30.3 Å². The number of alkyl halides is 3. The van der Waals surface area contributed by atoms with E-state index in [2.05, 4.69) is 216 Å². The van der Waals surface area contributed by atoms with Gasteiger partial charge in [-0.25, -0.2) is 0 Å². The second-order valence-electron chi connectivity index (χ2n) is 23.0. The Morgan fingerprint density at radius 2 is 0.607 bits per heavy atom. The number of nitriles is 2. The van der Waals surface area contributed by atoms with Crippen LogP contribution in [-0.4, -0.2) is 9.13 Å². The van der Waals surface area contributed by atoms with Crippen LogP contribution in [0.2, 0.25) is 0 Å². The SMILES string of the molecule is Cc1cc(C)cc(-c2ccc3c(c2)c2cc(-c4cc(C)cc(C)c4)ccc2n3-c2ccc(-c3ccc(C#N)cc3C(F)(F)F)cc2-c2ccc(C#N)cc2-n2c3ccc(-c4cc(C)cc(C)c4)cc3c3cc(-c4cc(C)cc(C)c4)ccc32)c1. The molecule has 0 fully saturated rings. The van der Waals surface area contributed by atoms with Gasteiger partial charge in [-0.2, -0.15) is 23.7 Å². The van der Waals surface area contributed by atoms with E-state index in [1.54, 1.807) is 12.1 Å². The summed E-state index contributed by atoms with van der Waals surface area (Å²) in [5.74, 6) is 0. The smallest absolute Gasteiger partial charge is 0.309 e. The zero-order chi connectivity index (χ0) is 58.5. The Morgan fingerprint density at radius 1 is 0.286 bits per heavy atom. The minimum absolute atomic E-state index is 0.0578. The van der Waals surface area contributed by atoms with E-state index in [-0.39, 0.29) is 11.1 Å². The molecule has 2 aromatic heterocycles. The summed E-state index contributed by atoms with van der Waals surface area (Å²) >= 11 is 0. The number of fused-ring (bicyclic) bond motifs is 6. The average Bonchev–Trinajstić information content (AvgIpc) is 1.67. The number of halogens is 3. The summed E-state index contributed by atoms with van der Waals surface area (Å²) < 4.78 is 50.5. The second-order valence-corrected chi connectivity index (χ2v) is 23.0. The molecule has 0 N–H and O–H groups in total. The lowest BCUT2D eigenvalue weighted by molar-refractivity contribution is -0.137. The highest BCUT2D eigenvalue weighted by Crippen LogP contribution is 2.47. The fourth-order valence-electron chi connectivity index (χ4n) is 13.1. The van der Waals surface area contributed by atoms with E-state index < -0.39 is 11.7 Å². The van der Waals surface area contributed by atoms with E-state index in [0.29, 0.717) is 27.9 Å². The van der Waals surface area contributed by atoms with Gasteiger partial charge in [0.05, 0.1) is 62.3 Å². The summed E-state index contributed by atoms with van der Waals surface area (Å²) in [5, 5.41) is 24.7. The van der Waals surface area contributed by atoms with Crippen molar-refractivity contribution in [2.75, 3.05) is 0 Å². The maximum atomic E-state index is 15.4. The molecule has 406 valence electrons. The minimum atomic E-state index is -4.77. The molecule has 7 heteroatoms. The molecule has 13 rings (SSSR count). The van der Waals surface area contributed by atoms with Crippen LogP contribution < -0.4 is 0 Å². The van der Waals surface area contributed by atoms with Gasteiger partial charge in [-0.1, -0.05) is 160 Å². The quantitative estimate of drug-likeness (QED) is 0.152. The first-order chi connectivity index (χ1) is 40.4. The molecule has 0 unspecified atom stereocenters. The average molecular weight is 1100 g/mol. The molecular formula is C77H57F3N4. The predicted octanol–water partition coefficient (Wildman–Crippen LogP) is 21.1. The van der Waals surface area contributed by atoms with Crippen molar-refractivity contribution >= 4 is 43.6 Å². The topological polar surface area (TPSA) is 57.4 Å². The summed E-state index contributed by atoms with van der Waals surface area (Å²) in [6.07, 6.45) is -4.77. The van der Waals surface area contributed by atoms with Crippen LogP contribution >= 0.6 is 0 Å². The molecular weight excluding hydrogens is 1040 g/mol. The highest BCUT2D eigenvalue weighted by atomic mass is 19.4. The van der Waals surface area contributed by atoms with Gasteiger partial charge in [-0.15, -0.1) is 0 Å². The Kier molecular flexibility index (Phi) is 12.9. The number of nitrogens with zero attached hydrogens (tertiary/aromatic N) is 4. The fourth-order valence-corrected chi connectivity index (χ4v) is 13.1. The Hall–Kier alpha value is -10.2. The Labute approximate surface area is 487 Å². The molecule has 13 aromatic rings. The van der Waals surface area contributed by atoms with Crippen molar-refractivity contribution < 1.29 is 13.2 Å². The van der Waals surface area contributed by atoms with Gasteiger partial charge in [0.25, 0.3) is 0 Å². The molecule has 0 spiro atoms. The molecule has 0 aliphatic heterocycles. The molecule has 0 radical (unpaired) electrons. The number of hydrogen-bond donors (Lipinski definition) is 0. The van der Waals surface area contributed by atoms with E-state index in [1.165, 1.54) is 12.1 Å². The predicted molar refractivity (Wildman–Crippen MR) is 340 cm³/mol. The third kappa shape index (κ3) is 9.48. The first-order valence-corrected chi connectivity index (χ1v) is 28.2. The van der Waals surface area contributed by atoms with Gasteiger partial charge in [-0.05, 0) is 196 Å². The summed E-state index contributed by atoms with van der Waals surface area (Å²) in [6.45, 7) is 16.9.